The monoisotopic (exact) mass is 313 g/mol. The van der Waals surface area contributed by atoms with Crippen molar-refractivity contribution in [1.82, 2.24) is 5.32 Å². The van der Waals surface area contributed by atoms with Gasteiger partial charge in [-0.05, 0) is 44.4 Å². The second-order valence-corrected chi connectivity index (χ2v) is 5.62. The molecule has 18 heavy (non-hydrogen) atoms. The first-order chi connectivity index (χ1) is 8.41. The van der Waals surface area contributed by atoms with E-state index in [-0.39, 0.29) is 17.2 Å². The number of phenolic OH excluding ortho intramolecular Hbond substituents is 1. The Balaban J connectivity index is 2.87. The number of phenols is 1. The molecular formula is C14H20BrNO2. The molecule has 0 saturated carbocycles. The molecule has 1 unspecified atom stereocenters. The van der Waals surface area contributed by atoms with Gasteiger partial charge in [-0.1, -0.05) is 28.9 Å². The van der Waals surface area contributed by atoms with Gasteiger partial charge in [-0.3, -0.25) is 4.79 Å². The third-order valence-corrected chi connectivity index (χ3v) is 3.64. The Labute approximate surface area is 117 Å². The van der Waals surface area contributed by atoms with E-state index in [1.165, 1.54) is 0 Å². The number of carbonyl (C=O) groups excluding carboxylic acids is 1. The summed E-state index contributed by atoms with van der Waals surface area (Å²) in [6.07, 6.45) is 1.69. The van der Waals surface area contributed by atoms with Crippen LogP contribution in [0.1, 0.15) is 42.6 Å². The van der Waals surface area contributed by atoms with E-state index < -0.39 is 0 Å². The lowest BCUT2D eigenvalue weighted by atomic mass is 9.95. The number of carbonyl (C=O) groups is 1. The summed E-state index contributed by atoms with van der Waals surface area (Å²) in [5.74, 6) is -0.192. The second kappa shape index (κ2) is 6.23. The van der Waals surface area contributed by atoms with Gasteiger partial charge in [-0.2, -0.15) is 0 Å². The van der Waals surface area contributed by atoms with E-state index in [0.29, 0.717) is 5.56 Å². The first kappa shape index (κ1) is 15.0. The van der Waals surface area contributed by atoms with Crippen molar-refractivity contribution in [2.45, 2.75) is 39.2 Å². The fourth-order valence-corrected chi connectivity index (χ4v) is 2.59. The maximum absolute atomic E-state index is 12.1. The molecule has 1 rings (SSSR count). The van der Waals surface area contributed by atoms with Gasteiger partial charge in [0.05, 0.1) is 5.56 Å². The fourth-order valence-electron chi connectivity index (χ4n) is 1.71. The van der Waals surface area contributed by atoms with Crippen LogP contribution in [-0.2, 0) is 0 Å². The Hall–Kier alpha value is -1.03. The smallest absolute Gasteiger partial charge is 0.255 e. The molecule has 0 aromatic heterocycles. The predicted octanol–water partition coefficient (Wildman–Crippen LogP) is 3.38. The van der Waals surface area contributed by atoms with Crippen LogP contribution in [0.2, 0.25) is 0 Å². The highest BCUT2D eigenvalue weighted by atomic mass is 79.9. The number of rotatable bonds is 5. The maximum Gasteiger partial charge on any atom is 0.255 e. The summed E-state index contributed by atoms with van der Waals surface area (Å²) in [7, 11) is 0. The van der Waals surface area contributed by atoms with Crippen molar-refractivity contribution in [2.24, 2.45) is 0 Å². The molecule has 0 aliphatic rings. The molecule has 100 valence electrons. The van der Waals surface area contributed by atoms with E-state index in [1.807, 2.05) is 26.8 Å². The standard InChI is InChI=1S/C14H20BrNO2/c1-4-14(3,7-8-15)16-13(18)11-6-5-10(2)9-12(11)17/h5-6,9,17H,4,7-8H2,1-3H3,(H,16,18). The van der Waals surface area contributed by atoms with E-state index in [9.17, 15) is 9.90 Å². The van der Waals surface area contributed by atoms with Gasteiger partial charge in [0.1, 0.15) is 5.75 Å². The molecule has 1 aromatic carbocycles. The van der Waals surface area contributed by atoms with Crippen LogP contribution in [0.15, 0.2) is 18.2 Å². The topological polar surface area (TPSA) is 49.3 Å². The minimum atomic E-state index is -0.252. The Kier molecular flexibility index (Phi) is 5.20. The summed E-state index contributed by atoms with van der Waals surface area (Å²) in [4.78, 5) is 12.1. The van der Waals surface area contributed by atoms with Gasteiger partial charge in [0, 0.05) is 10.9 Å². The Morgan fingerprint density at radius 2 is 2.17 bits per heavy atom. The van der Waals surface area contributed by atoms with Gasteiger partial charge >= 0.3 is 0 Å². The zero-order chi connectivity index (χ0) is 13.8. The van der Waals surface area contributed by atoms with Gasteiger partial charge in [-0.25, -0.2) is 0 Å². The van der Waals surface area contributed by atoms with Gasteiger partial charge in [0.2, 0.25) is 0 Å². The van der Waals surface area contributed by atoms with Crippen LogP contribution in [0.25, 0.3) is 0 Å². The van der Waals surface area contributed by atoms with Crippen LogP contribution in [0.4, 0.5) is 0 Å². The van der Waals surface area contributed by atoms with Crippen LogP contribution >= 0.6 is 15.9 Å². The zero-order valence-corrected chi connectivity index (χ0v) is 12.7. The minimum Gasteiger partial charge on any atom is -0.507 e. The largest absolute Gasteiger partial charge is 0.507 e. The normalized spacial score (nSPS) is 14.0. The van der Waals surface area contributed by atoms with Gasteiger partial charge in [0.25, 0.3) is 5.91 Å². The number of alkyl halides is 1. The number of aryl methyl sites for hydroxylation is 1. The Bertz CT molecular complexity index is 434. The van der Waals surface area contributed by atoms with Crippen LogP contribution in [0.3, 0.4) is 0 Å². The molecule has 0 heterocycles. The van der Waals surface area contributed by atoms with E-state index in [4.69, 9.17) is 0 Å². The molecule has 0 spiro atoms. The van der Waals surface area contributed by atoms with E-state index in [2.05, 4.69) is 21.2 Å². The van der Waals surface area contributed by atoms with Crippen molar-refractivity contribution in [3.63, 3.8) is 0 Å². The lowest BCUT2D eigenvalue weighted by Crippen LogP contribution is -2.45. The van der Waals surface area contributed by atoms with Crippen molar-refractivity contribution in [1.29, 1.82) is 0 Å². The number of halogens is 1. The number of benzene rings is 1. The van der Waals surface area contributed by atoms with Crippen LogP contribution in [-0.4, -0.2) is 21.9 Å². The van der Waals surface area contributed by atoms with Crippen LogP contribution in [0, 0.1) is 6.92 Å². The summed E-state index contributed by atoms with van der Waals surface area (Å²) in [6.45, 7) is 5.93. The number of aromatic hydroxyl groups is 1. The minimum absolute atomic E-state index is 0.0322. The van der Waals surface area contributed by atoms with Crippen molar-refractivity contribution in [3.8, 4) is 5.75 Å². The second-order valence-electron chi connectivity index (χ2n) is 4.83. The van der Waals surface area contributed by atoms with E-state index in [1.54, 1.807) is 12.1 Å². The number of hydrogen-bond acceptors (Lipinski definition) is 2. The highest BCUT2D eigenvalue weighted by Gasteiger charge is 2.25. The zero-order valence-electron chi connectivity index (χ0n) is 11.1. The quantitative estimate of drug-likeness (QED) is 0.819. The van der Waals surface area contributed by atoms with E-state index in [0.717, 1.165) is 23.7 Å². The third kappa shape index (κ3) is 3.73. The molecule has 1 aromatic rings. The third-order valence-electron chi connectivity index (χ3n) is 3.24. The van der Waals surface area contributed by atoms with E-state index >= 15 is 0 Å². The van der Waals surface area contributed by atoms with Crippen LogP contribution < -0.4 is 5.32 Å². The molecule has 0 bridgehead atoms. The lowest BCUT2D eigenvalue weighted by Gasteiger charge is -2.29. The molecule has 4 heteroatoms. The molecule has 0 saturated heterocycles. The van der Waals surface area contributed by atoms with Crippen molar-refractivity contribution >= 4 is 21.8 Å². The molecular weight excluding hydrogens is 294 g/mol. The first-order valence-electron chi connectivity index (χ1n) is 6.10. The van der Waals surface area contributed by atoms with Crippen molar-refractivity contribution in [2.75, 3.05) is 5.33 Å². The number of hydrogen-bond donors (Lipinski definition) is 2. The molecule has 0 fully saturated rings. The molecule has 3 nitrogen and oxygen atoms in total. The molecule has 1 atom stereocenters. The lowest BCUT2D eigenvalue weighted by molar-refractivity contribution is 0.0899. The predicted molar refractivity (Wildman–Crippen MR) is 77.4 cm³/mol. The van der Waals surface area contributed by atoms with Gasteiger partial charge in [-0.15, -0.1) is 0 Å². The summed E-state index contributed by atoms with van der Waals surface area (Å²) in [5, 5.41) is 13.6. The van der Waals surface area contributed by atoms with Crippen molar-refractivity contribution in [3.05, 3.63) is 29.3 Å². The van der Waals surface area contributed by atoms with Crippen molar-refractivity contribution < 1.29 is 9.90 Å². The summed E-state index contributed by atoms with van der Waals surface area (Å²) >= 11 is 3.40. The molecule has 0 radical (unpaired) electrons. The molecule has 0 aliphatic carbocycles. The van der Waals surface area contributed by atoms with Gasteiger partial charge in [0.15, 0.2) is 0 Å². The van der Waals surface area contributed by atoms with Crippen LogP contribution in [0.5, 0.6) is 5.75 Å². The number of nitrogens with one attached hydrogen (secondary N) is 1. The van der Waals surface area contributed by atoms with Gasteiger partial charge < -0.3 is 10.4 Å². The first-order valence-corrected chi connectivity index (χ1v) is 7.22. The molecule has 1 amide bonds. The average molecular weight is 314 g/mol. The highest BCUT2D eigenvalue weighted by molar-refractivity contribution is 9.09. The molecule has 0 aliphatic heterocycles. The highest BCUT2D eigenvalue weighted by Crippen LogP contribution is 2.21. The summed E-state index contributed by atoms with van der Waals surface area (Å²) < 4.78 is 0. The Morgan fingerprint density at radius 3 is 2.67 bits per heavy atom. The summed E-state index contributed by atoms with van der Waals surface area (Å²) in [5.41, 5.74) is 1.01. The molecule has 2 N–H and O–H groups in total. The average Bonchev–Trinajstić information content (AvgIpc) is 2.28. The number of amides is 1. The maximum atomic E-state index is 12.1. The summed E-state index contributed by atoms with van der Waals surface area (Å²) in [6, 6.07) is 5.08. The fraction of sp³-hybridized carbons (Fsp3) is 0.500. The SMILES string of the molecule is CCC(C)(CCBr)NC(=O)c1ccc(C)cc1O. The Morgan fingerprint density at radius 1 is 1.50 bits per heavy atom.